The highest BCUT2D eigenvalue weighted by Crippen LogP contribution is 2.26. The molecule has 0 aromatic heterocycles. The molecule has 0 radical (unpaired) electrons. The summed E-state index contributed by atoms with van der Waals surface area (Å²) < 4.78 is 11.2. The Bertz CT molecular complexity index is 527. The molecule has 1 aliphatic heterocycles. The molecule has 1 aromatic carbocycles. The van der Waals surface area contributed by atoms with Gasteiger partial charge in [-0.05, 0) is 44.2 Å². The number of rotatable bonds is 3. The average Bonchev–Trinajstić information content (AvgIpc) is 2.83. The molecule has 2 unspecified atom stereocenters. The van der Waals surface area contributed by atoms with Crippen LogP contribution in [0.2, 0.25) is 0 Å². The number of carbonyl (C=O) groups is 1. The number of hydrogen-bond donors (Lipinski definition) is 1. The van der Waals surface area contributed by atoms with Crippen molar-refractivity contribution in [2.45, 2.75) is 45.0 Å². The van der Waals surface area contributed by atoms with Crippen molar-refractivity contribution in [2.24, 2.45) is 5.92 Å². The monoisotopic (exact) mass is 289 g/mol. The molecule has 2 atom stereocenters. The van der Waals surface area contributed by atoms with E-state index in [1.54, 1.807) is 0 Å². The first-order chi connectivity index (χ1) is 10.0. The summed E-state index contributed by atoms with van der Waals surface area (Å²) in [5.74, 6) is -0.313. The van der Waals surface area contributed by atoms with Crippen molar-refractivity contribution >= 4 is 5.91 Å². The van der Waals surface area contributed by atoms with Gasteiger partial charge in [0.05, 0.1) is 6.61 Å². The maximum Gasteiger partial charge on any atom is 0.223 e. The minimum Gasteiger partial charge on any atom is -0.353 e. The molecule has 1 heterocycles. The molecular weight excluding hydrogens is 266 g/mol. The van der Waals surface area contributed by atoms with E-state index in [0.29, 0.717) is 13.2 Å². The summed E-state index contributed by atoms with van der Waals surface area (Å²) in [4.78, 5) is 12.3. The molecule has 4 nitrogen and oxygen atoms in total. The second kappa shape index (κ2) is 5.78. The van der Waals surface area contributed by atoms with Gasteiger partial charge in [0.2, 0.25) is 5.91 Å². The van der Waals surface area contributed by atoms with Crippen LogP contribution in [0.15, 0.2) is 24.3 Å². The van der Waals surface area contributed by atoms with Gasteiger partial charge in [0.15, 0.2) is 5.79 Å². The van der Waals surface area contributed by atoms with Crippen molar-refractivity contribution in [3.05, 3.63) is 35.4 Å². The van der Waals surface area contributed by atoms with Crippen molar-refractivity contribution in [1.29, 1.82) is 0 Å². The molecule has 0 saturated carbocycles. The molecule has 2 aliphatic rings. The lowest BCUT2D eigenvalue weighted by molar-refractivity contribution is -0.140. The molecule has 1 N–H and O–H groups in total. The number of hydrogen-bond acceptors (Lipinski definition) is 3. The van der Waals surface area contributed by atoms with E-state index in [4.69, 9.17) is 9.47 Å². The van der Waals surface area contributed by atoms with Crippen LogP contribution >= 0.6 is 0 Å². The fraction of sp³-hybridized carbons (Fsp3) is 0.588. The van der Waals surface area contributed by atoms with Gasteiger partial charge in [-0.3, -0.25) is 4.79 Å². The Morgan fingerprint density at radius 2 is 2.10 bits per heavy atom. The van der Waals surface area contributed by atoms with E-state index >= 15 is 0 Å². The quantitative estimate of drug-likeness (QED) is 0.926. The van der Waals surface area contributed by atoms with Crippen molar-refractivity contribution in [1.82, 2.24) is 5.32 Å². The third-order valence-electron chi connectivity index (χ3n) is 4.29. The van der Waals surface area contributed by atoms with E-state index in [1.165, 1.54) is 11.1 Å². The number of benzene rings is 1. The minimum atomic E-state index is -0.529. The van der Waals surface area contributed by atoms with Crippen molar-refractivity contribution in [3.63, 3.8) is 0 Å². The van der Waals surface area contributed by atoms with Crippen molar-refractivity contribution in [3.8, 4) is 0 Å². The van der Waals surface area contributed by atoms with Gasteiger partial charge in [-0.2, -0.15) is 0 Å². The van der Waals surface area contributed by atoms with E-state index < -0.39 is 5.79 Å². The normalized spacial score (nSPS) is 27.1. The van der Waals surface area contributed by atoms with Gasteiger partial charge in [-0.1, -0.05) is 24.3 Å². The number of fused-ring (bicyclic) bond motifs is 1. The third kappa shape index (κ3) is 3.44. The molecule has 1 aromatic rings. The van der Waals surface area contributed by atoms with Crippen molar-refractivity contribution in [2.75, 3.05) is 13.2 Å². The van der Waals surface area contributed by atoms with Gasteiger partial charge in [-0.15, -0.1) is 0 Å². The van der Waals surface area contributed by atoms with Gasteiger partial charge < -0.3 is 14.8 Å². The van der Waals surface area contributed by atoms with Gasteiger partial charge in [0, 0.05) is 12.5 Å². The summed E-state index contributed by atoms with van der Waals surface area (Å²) in [7, 11) is 0. The van der Waals surface area contributed by atoms with Crippen LogP contribution in [-0.2, 0) is 27.1 Å². The van der Waals surface area contributed by atoms with Crippen LogP contribution < -0.4 is 5.32 Å². The van der Waals surface area contributed by atoms with Crippen LogP contribution in [0.25, 0.3) is 0 Å². The molecule has 1 aliphatic carbocycles. The molecule has 1 saturated heterocycles. The molecule has 0 bridgehead atoms. The standard InChI is InChI=1S/C17H23NO3/c1-17(2)20-11-15(21-17)10-18-16(19)14-8-7-12-5-3-4-6-13(12)9-14/h3-6,14-15H,7-11H2,1-2H3,(H,18,19). The highest BCUT2D eigenvalue weighted by molar-refractivity contribution is 5.79. The Kier molecular flexibility index (Phi) is 4.00. The first-order valence-corrected chi connectivity index (χ1v) is 7.70. The topological polar surface area (TPSA) is 47.6 Å². The van der Waals surface area contributed by atoms with Gasteiger partial charge in [0.1, 0.15) is 6.10 Å². The Hall–Kier alpha value is -1.39. The summed E-state index contributed by atoms with van der Waals surface area (Å²) in [5.41, 5.74) is 2.70. The first-order valence-electron chi connectivity index (χ1n) is 7.70. The van der Waals surface area contributed by atoms with Crippen LogP contribution in [0.5, 0.6) is 0 Å². The van der Waals surface area contributed by atoms with Crippen molar-refractivity contribution < 1.29 is 14.3 Å². The zero-order valence-corrected chi connectivity index (χ0v) is 12.7. The lowest BCUT2D eigenvalue weighted by Gasteiger charge is -2.24. The number of aryl methyl sites for hydroxylation is 1. The molecule has 21 heavy (non-hydrogen) atoms. The Morgan fingerprint density at radius 1 is 1.33 bits per heavy atom. The van der Waals surface area contributed by atoms with Gasteiger partial charge in [-0.25, -0.2) is 0 Å². The highest BCUT2D eigenvalue weighted by atomic mass is 16.7. The van der Waals surface area contributed by atoms with Crippen LogP contribution in [0.1, 0.15) is 31.4 Å². The maximum absolute atomic E-state index is 12.3. The minimum absolute atomic E-state index is 0.0418. The number of ether oxygens (including phenoxy) is 2. The average molecular weight is 289 g/mol. The Balaban J connectivity index is 1.51. The lowest BCUT2D eigenvalue weighted by atomic mass is 9.83. The fourth-order valence-electron chi connectivity index (χ4n) is 3.14. The fourth-order valence-corrected chi connectivity index (χ4v) is 3.14. The number of carbonyl (C=O) groups excluding carboxylic acids is 1. The summed E-state index contributed by atoms with van der Waals surface area (Å²) >= 11 is 0. The van der Waals surface area contributed by atoms with Crippen LogP contribution in [-0.4, -0.2) is 30.9 Å². The lowest BCUT2D eigenvalue weighted by Crippen LogP contribution is -2.39. The zero-order chi connectivity index (χ0) is 14.9. The summed E-state index contributed by atoms with van der Waals surface area (Å²) in [6, 6.07) is 8.41. The number of nitrogens with one attached hydrogen (secondary N) is 1. The van der Waals surface area contributed by atoms with E-state index in [1.807, 2.05) is 19.9 Å². The molecule has 0 spiro atoms. The third-order valence-corrected chi connectivity index (χ3v) is 4.29. The van der Waals surface area contributed by atoms with Gasteiger partial charge in [0.25, 0.3) is 0 Å². The summed E-state index contributed by atoms with van der Waals surface area (Å²) in [6.07, 6.45) is 2.72. The predicted octanol–water partition coefficient (Wildman–Crippen LogP) is 2.06. The summed E-state index contributed by atoms with van der Waals surface area (Å²) in [6.45, 7) is 4.86. The SMILES string of the molecule is CC1(C)OCC(CNC(=O)C2CCc3ccccc3C2)O1. The van der Waals surface area contributed by atoms with Crippen LogP contribution in [0.3, 0.4) is 0 Å². The van der Waals surface area contributed by atoms with E-state index in [9.17, 15) is 4.79 Å². The largest absolute Gasteiger partial charge is 0.353 e. The van der Waals surface area contributed by atoms with E-state index in [-0.39, 0.29) is 17.9 Å². The molecular formula is C17H23NO3. The van der Waals surface area contributed by atoms with Crippen LogP contribution in [0, 0.1) is 5.92 Å². The molecule has 1 fully saturated rings. The highest BCUT2D eigenvalue weighted by Gasteiger charge is 2.33. The molecule has 4 heteroatoms. The number of amides is 1. The van der Waals surface area contributed by atoms with E-state index in [0.717, 1.165) is 19.3 Å². The Labute approximate surface area is 125 Å². The Morgan fingerprint density at radius 3 is 2.81 bits per heavy atom. The van der Waals surface area contributed by atoms with Gasteiger partial charge >= 0.3 is 0 Å². The molecule has 1 amide bonds. The zero-order valence-electron chi connectivity index (χ0n) is 12.7. The molecule has 114 valence electrons. The smallest absolute Gasteiger partial charge is 0.223 e. The predicted molar refractivity (Wildman–Crippen MR) is 79.9 cm³/mol. The first kappa shape index (κ1) is 14.5. The molecule has 3 rings (SSSR count). The van der Waals surface area contributed by atoms with E-state index in [2.05, 4.69) is 23.5 Å². The van der Waals surface area contributed by atoms with Crippen LogP contribution in [0.4, 0.5) is 0 Å². The maximum atomic E-state index is 12.3. The summed E-state index contributed by atoms with van der Waals surface area (Å²) in [5, 5.41) is 3.02. The second-order valence-corrected chi connectivity index (χ2v) is 6.40. The second-order valence-electron chi connectivity index (χ2n) is 6.40.